The van der Waals surface area contributed by atoms with Crippen molar-refractivity contribution in [2.75, 3.05) is 39.4 Å². The zero-order chi connectivity index (χ0) is 21.5. The summed E-state index contributed by atoms with van der Waals surface area (Å²) >= 11 is 1.48. The van der Waals surface area contributed by atoms with E-state index in [1.807, 2.05) is 0 Å². The van der Waals surface area contributed by atoms with Crippen molar-refractivity contribution in [3.05, 3.63) is 16.1 Å². The van der Waals surface area contributed by atoms with E-state index in [1.54, 1.807) is 22.1 Å². The second kappa shape index (κ2) is 10.4. The minimum atomic E-state index is -0.386. The predicted octanol–water partition coefficient (Wildman–Crippen LogP) is 2.51. The van der Waals surface area contributed by atoms with E-state index >= 15 is 0 Å². The molecular formula is C21H27N3O5S. The Morgan fingerprint density at radius 3 is 2.67 bits per heavy atom. The van der Waals surface area contributed by atoms with Crippen LogP contribution in [0.25, 0.3) is 0 Å². The van der Waals surface area contributed by atoms with Crippen LogP contribution in [-0.2, 0) is 14.3 Å². The van der Waals surface area contributed by atoms with Crippen molar-refractivity contribution < 1.29 is 23.9 Å². The van der Waals surface area contributed by atoms with E-state index in [1.165, 1.54) is 11.3 Å². The molecule has 0 saturated carbocycles. The topological polar surface area (TPSA) is 89.0 Å². The summed E-state index contributed by atoms with van der Waals surface area (Å²) in [5.74, 6) is 1.86. The molecule has 1 aromatic rings. The lowest BCUT2D eigenvalue weighted by Gasteiger charge is -2.31. The Balaban J connectivity index is 1.55. The van der Waals surface area contributed by atoms with Crippen molar-refractivity contribution in [1.29, 1.82) is 0 Å². The number of nitrogens with zero attached hydrogens (tertiary/aromatic N) is 3. The Kier molecular flexibility index (Phi) is 7.69. The van der Waals surface area contributed by atoms with Crippen molar-refractivity contribution >= 4 is 29.3 Å². The molecule has 0 spiro atoms. The van der Waals surface area contributed by atoms with E-state index in [2.05, 4.69) is 10.9 Å². The third-order valence-corrected chi connectivity index (χ3v) is 6.46. The van der Waals surface area contributed by atoms with Gasteiger partial charge in [-0.2, -0.15) is 0 Å². The highest BCUT2D eigenvalue weighted by molar-refractivity contribution is 7.09. The van der Waals surface area contributed by atoms with Gasteiger partial charge < -0.3 is 19.3 Å². The molecule has 8 nitrogen and oxygen atoms in total. The largest absolute Gasteiger partial charge is 0.466 e. The zero-order valence-corrected chi connectivity index (χ0v) is 18.0. The molecule has 0 N–H and O–H groups in total. The van der Waals surface area contributed by atoms with Crippen LogP contribution in [0.5, 0.6) is 0 Å². The number of rotatable bonds is 5. The molecule has 2 amide bonds. The maximum atomic E-state index is 12.9. The number of carbonyl (C=O) groups excluding carboxylic acids is 3. The summed E-state index contributed by atoms with van der Waals surface area (Å²) in [6.07, 6.45) is 7.78. The van der Waals surface area contributed by atoms with E-state index in [0.717, 1.165) is 30.7 Å². The quantitative estimate of drug-likeness (QED) is 0.524. The van der Waals surface area contributed by atoms with Gasteiger partial charge in [-0.05, 0) is 32.6 Å². The van der Waals surface area contributed by atoms with Crippen molar-refractivity contribution in [2.24, 2.45) is 5.92 Å². The highest BCUT2D eigenvalue weighted by Crippen LogP contribution is 2.31. The SMILES string of the molecule is C#CCOC(=O)N1CCC(c2nc(C(=O)N3CCCC(C(=O)OCC)C3)cs2)CC1. The molecule has 1 aromatic heterocycles. The molecule has 0 bridgehead atoms. The average Bonchev–Trinajstić information content (AvgIpc) is 3.27. The van der Waals surface area contributed by atoms with Crippen LogP contribution in [0.4, 0.5) is 4.79 Å². The molecular weight excluding hydrogens is 406 g/mol. The standard InChI is InChI=1S/C21H27N3O5S/c1-3-12-29-21(27)23-10-7-15(8-11-23)18-22-17(14-30-18)19(25)24-9-5-6-16(13-24)20(26)28-4-2/h1,14-16H,4-13H2,2H3. The normalized spacial score (nSPS) is 19.8. The van der Waals surface area contributed by atoms with E-state index < -0.39 is 0 Å². The van der Waals surface area contributed by atoms with E-state index in [0.29, 0.717) is 38.5 Å². The van der Waals surface area contributed by atoms with Gasteiger partial charge in [0.1, 0.15) is 5.69 Å². The van der Waals surface area contributed by atoms with Crippen LogP contribution in [0.3, 0.4) is 0 Å². The van der Waals surface area contributed by atoms with Gasteiger partial charge in [0.15, 0.2) is 6.61 Å². The monoisotopic (exact) mass is 433 g/mol. The molecule has 162 valence electrons. The minimum Gasteiger partial charge on any atom is -0.466 e. The second-order valence-corrected chi connectivity index (χ2v) is 8.32. The summed E-state index contributed by atoms with van der Waals surface area (Å²) in [7, 11) is 0. The summed E-state index contributed by atoms with van der Waals surface area (Å²) in [6.45, 7) is 4.26. The summed E-state index contributed by atoms with van der Waals surface area (Å²) in [5, 5.41) is 2.70. The van der Waals surface area contributed by atoms with Gasteiger partial charge in [0, 0.05) is 37.5 Å². The van der Waals surface area contributed by atoms with Gasteiger partial charge in [-0.1, -0.05) is 5.92 Å². The van der Waals surface area contributed by atoms with Crippen molar-refractivity contribution in [1.82, 2.24) is 14.8 Å². The number of carbonyl (C=O) groups is 3. The molecule has 3 heterocycles. The Bertz CT molecular complexity index is 810. The number of piperidine rings is 2. The molecule has 2 aliphatic heterocycles. The maximum Gasteiger partial charge on any atom is 0.410 e. The number of hydrogen-bond acceptors (Lipinski definition) is 7. The highest BCUT2D eigenvalue weighted by atomic mass is 32.1. The molecule has 3 rings (SSSR count). The fourth-order valence-corrected chi connectivity index (χ4v) is 4.82. The van der Waals surface area contributed by atoms with Gasteiger partial charge in [0.25, 0.3) is 5.91 Å². The number of ether oxygens (including phenoxy) is 2. The van der Waals surface area contributed by atoms with Crippen LogP contribution in [0.15, 0.2) is 5.38 Å². The third-order valence-electron chi connectivity index (χ3n) is 5.45. The van der Waals surface area contributed by atoms with Gasteiger partial charge in [-0.25, -0.2) is 9.78 Å². The van der Waals surface area contributed by atoms with E-state index in [4.69, 9.17) is 15.9 Å². The van der Waals surface area contributed by atoms with Crippen LogP contribution in [0, 0.1) is 18.3 Å². The lowest BCUT2D eigenvalue weighted by atomic mass is 9.97. The summed E-state index contributed by atoms with van der Waals surface area (Å²) in [5.41, 5.74) is 0.426. The molecule has 30 heavy (non-hydrogen) atoms. The Hall–Kier alpha value is -2.60. The Morgan fingerprint density at radius 1 is 1.20 bits per heavy atom. The zero-order valence-electron chi connectivity index (χ0n) is 17.2. The van der Waals surface area contributed by atoms with Gasteiger partial charge in [-0.3, -0.25) is 9.59 Å². The molecule has 2 fully saturated rings. The number of esters is 1. The molecule has 0 aliphatic carbocycles. The first kappa shape index (κ1) is 22.1. The van der Waals surface area contributed by atoms with E-state index in [-0.39, 0.29) is 36.4 Å². The number of aromatic nitrogens is 1. The van der Waals surface area contributed by atoms with Crippen LogP contribution in [0.2, 0.25) is 0 Å². The molecule has 0 aromatic carbocycles. The van der Waals surface area contributed by atoms with Crippen molar-refractivity contribution in [2.45, 2.75) is 38.5 Å². The first-order chi connectivity index (χ1) is 14.5. The predicted molar refractivity (Wildman–Crippen MR) is 111 cm³/mol. The number of likely N-dealkylation sites (tertiary alicyclic amines) is 2. The van der Waals surface area contributed by atoms with Gasteiger partial charge in [0.05, 0.1) is 17.5 Å². The lowest BCUT2D eigenvalue weighted by Crippen LogP contribution is -2.43. The van der Waals surface area contributed by atoms with Crippen LogP contribution < -0.4 is 0 Å². The first-order valence-corrected chi connectivity index (χ1v) is 11.2. The fourth-order valence-electron chi connectivity index (χ4n) is 3.85. The summed E-state index contributed by atoms with van der Waals surface area (Å²) < 4.78 is 10.1. The molecule has 9 heteroatoms. The first-order valence-electron chi connectivity index (χ1n) is 10.3. The number of hydrogen-bond donors (Lipinski definition) is 0. The third kappa shape index (κ3) is 5.30. The highest BCUT2D eigenvalue weighted by Gasteiger charge is 2.32. The van der Waals surface area contributed by atoms with Gasteiger partial charge in [0.2, 0.25) is 0 Å². The van der Waals surface area contributed by atoms with Crippen LogP contribution in [0.1, 0.15) is 54.0 Å². The minimum absolute atomic E-state index is 0.0236. The average molecular weight is 434 g/mol. The number of thiazole rings is 1. The van der Waals surface area contributed by atoms with Crippen molar-refractivity contribution in [3.8, 4) is 12.3 Å². The maximum absolute atomic E-state index is 12.9. The second-order valence-electron chi connectivity index (χ2n) is 7.43. The summed E-state index contributed by atoms with van der Waals surface area (Å²) in [6, 6.07) is 0. The van der Waals surface area contributed by atoms with Crippen LogP contribution in [-0.4, -0.2) is 72.1 Å². The van der Waals surface area contributed by atoms with Crippen LogP contribution >= 0.6 is 11.3 Å². The van der Waals surface area contributed by atoms with Gasteiger partial charge in [-0.15, -0.1) is 17.8 Å². The fraction of sp³-hybridized carbons (Fsp3) is 0.619. The molecule has 0 radical (unpaired) electrons. The lowest BCUT2D eigenvalue weighted by molar-refractivity contribution is -0.149. The molecule has 1 atom stereocenters. The number of terminal acetylenes is 1. The number of amides is 2. The summed E-state index contributed by atoms with van der Waals surface area (Å²) in [4.78, 5) is 44.8. The molecule has 1 unspecified atom stereocenters. The van der Waals surface area contributed by atoms with Crippen molar-refractivity contribution in [3.63, 3.8) is 0 Å². The molecule has 2 saturated heterocycles. The Labute approximate surface area is 180 Å². The van der Waals surface area contributed by atoms with E-state index in [9.17, 15) is 14.4 Å². The Morgan fingerprint density at radius 2 is 1.97 bits per heavy atom. The smallest absolute Gasteiger partial charge is 0.410 e. The van der Waals surface area contributed by atoms with Gasteiger partial charge >= 0.3 is 12.1 Å². The molecule has 2 aliphatic rings.